The number of hydrogen-bond donors (Lipinski definition) is 0. The lowest BCUT2D eigenvalue weighted by molar-refractivity contribution is 0.484. The van der Waals surface area contributed by atoms with Crippen molar-refractivity contribution in [3.05, 3.63) is 103 Å². The highest BCUT2D eigenvalue weighted by Crippen LogP contribution is 2.34. The molecule has 4 nitrogen and oxygen atoms in total. The topological polar surface area (TPSA) is 47.9 Å². The van der Waals surface area contributed by atoms with Crippen LogP contribution in [0.2, 0.25) is 0 Å². The van der Waals surface area contributed by atoms with E-state index in [4.69, 9.17) is 14.7 Å². The van der Waals surface area contributed by atoms with Crippen molar-refractivity contribution in [1.82, 2.24) is 15.0 Å². The Bertz CT molecular complexity index is 1330. The van der Waals surface area contributed by atoms with E-state index in [1.54, 1.807) is 0 Å². The van der Waals surface area contributed by atoms with Gasteiger partial charge in [-0.3, -0.25) is 0 Å². The molecule has 3 aromatic carbocycles. The molecule has 2 heterocycles. The van der Waals surface area contributed by atoms with Crippen LogP contribution in [0.25, 0.3) is 33.7 Å². The number of para-hydroxylation sites is 3. The van der Waals surface area contributed by atoms with E-state index in [0.29, 0.717) is 5.82 Å². The highest BCUT2D eigenvalue weighted by Gasteiger charge is 2.14. The van der Waals surface area contributed by atoms with Gasteiger partial charge in [0.2, 0.25) is 0 Å². The summed E-state index contributed by atoms with van der Waals surface area (Å²) >= 11 is 0. The number of hydrogen-bond acceptors (Lipinski definition) is 4. The Morgan fingerprint density at radius 3 is 2.37 bits per heavy atom. The lowest BCUT2D eigenvalue weighted by atomic mass is 10.0. The summed E-state index contributed by atoms with van der Waals surface area (Å²) in [6.07, 6.45) is 1.84. The second kappa shape index (κ2) is 7.76. The van der Waals surface area contributed by atoms with Gasteiger partial charge < -0.3 is 4.74 Å². The number of nitrogens with zero attached hydrogens (tertiary/aromatic N) is 3. The van der Waals surface area contributed by atoms with E-state index in [-0.39, 0.29) is 0 Å². The van der Waals surface area contributed by atoms with Crippen molar-refractivity contribution in [2.45, 2.75) is 6.92 Å². The molecular formula is C26H19N3O. The summed E-state index contributed by atoms with van der Waals surface area (Å²) in [6, 6.07) is 29.7. The molecule has 0 amide bonds. The maximum Gasteiger partial charge on any atom is 0.178 e. The smallest absolute Gasteiger partial charge is 0.178 e. The van der Waals surface area contributed by atoms with Crippen LogP contribution in [0.4, 0.5) is 0 Å². The summed E-state index contributed by atoms with van der Waals surface area (Å²) in [4.78, 5) is 14.1. The van der Waals surface area contributed by atoms with E-state index < -0.39 is 0 Å². The van der Waals surface area contributed by atoms with Crippen LogP contribution in [0.15, 0.2) is 97.2 Å². The molecule has 0 atom stereocenters. The van der Waals surface area contributed by atoms with Gasteiger partial charge in [-0.2, -0.15) is 0 Å². The van der Waals surface area contributed by atoms with Crippen LogP contribution in [0, 0.1) is 6.92 Å². The van der Waals surface area contributed by atoms with Crippen molar-refractivity contribution >= 4 is 10.9 Å². The minimum atomic E-state index is 0.608. The molecule has 0 spiro atoms. The van der Waals surface area contributed by atoms with Gasteiger partial charge in [0.1, 0.15) is 17.2 Å². The molecule has 0 saturated carbocycles. The number of rotatable bonds is 4. The zero-order chi connectivity index (χ0) is 20.3. The zero-order valence-corrected chi connectivity index (χ0v) is 16.5. The first-order chi connectivity index (χ1) is 14.8. The van der Waals surface area contributed by atoms with E-state index in [1.165, 1.54) is 0 Å². The second-order valence-corrected chi connectivity index (χ2v) is 7.03. The molecule has 0 fully saturated rings. The third kappa shape index (κ3) is 3.51. The molecule has 0 bridgehead atoms. The molecule has 30 heavy (non-hydrogen) atoms. The molecule has 0 unspecified atom stereocenters. The Labute approximate surface area is 174 Å². The molecule has 5 rings (SSSR count). The van der Waals surface area contributed by atoms with E-state index in [9.17, 15) is 0 Å². The summed E-state index contributed by atoms with van der Waals surface area (Å²) in [7, 11) is 0. The van der Waals surface area contributed by atoms with E-state index >= 15 is 0 Å². The van der Waals surface area contributed by atoms with Crippen molar-refractivity contribution in [2.24, 2.45) is 0 Å². The van der Waals surface area contributed by atoms with Crippen molar-refractivity contribution in [1.29, 1.82) is 0 Å². The number of benzene rings is 3. The molecule has 0 radical (unpaired) electrons. The largest absolute Gasteiger partial charge is 0.457 e. The van der Waals surface area contributed by atoms with Gasteiger partial charge in [-0.05, 0) is 48.9 Å². The van der Waals surface area contributed by atoms with Gasteiger partial charge in [-0.15, -0.1) is 0 Å². The SMILES string of the molecule is Cc1ccc(-c2ncc3ccccc3n2)nc1-c1ccccc1Oc1ccccc1. The summed E-state index contributed by atoms with van der Waals surface area (Å²) in [5, 5.41) is 1.01. The average Bonchev–Trinajstić information content (AvgIpc) is 2.80. The number of aromatic nitrogens is 3. The molecule has 0 aliphatic heterocycles. The van der Waals surface area contributed by atoms with Gasteiger partial charge in [-0.25, -0.2) is 15.0 Å². The van der Waals surface area contributed by atoms with Crippen LogP contribution >= 0.6 is 0 Å². The normalized spacial score (nSPS) is 10.8. The van der Waals surface area contributed by atoms with Crippen LogP contribution < -0.4 is 4.74 Å². The summed E-state index contributed by atoms with van der Waals surface area (Å²) in [5.74, 6) is 2.16. The fourth-order valence-electron chi connectivity index (χ4n) is 3.39. The predicted octanol–water partition coefficient (Wildman–Crippen LogP) is 6.46. The molecule has 2 aromatic heterocycles. The lowest BCUT2D eigenvalue weighted by Crippen LogP contribution is -1.97. The zero-order valence-electron chi connectivity index (χ0n) is 16.5. The summed E-state index contributed by atoms with van der Waals surface area (Å²) in [6.45, 7) is 2.05. The van der Waals surface area contributed by atoms with Crippen molar-refractivity contribution in [3.63, 3.8) is 0 Å². The van der Waals surface area contributed by atoms with Gasteiger partial charge in [0, 0.05) is 17.1 Å². The first-order valence-corrected chi connectivity index (χ1v) is 9.80. The van der Waals surface area contributed by atoms with Crippen LogP contribution in [0.5, 0.6) is 11.5 Å². The Morgan fingerprint density at radius 1 is 0.700 bits per heavy atom. The summed E-state index contributed by atoms with van der Waals surface area (Å²) in [5.41, 5.74) is 4.48. The van der Waals surface area contributed by atoms with E-state index in [0.717, 1.165) is 44.9 Å². The van der Waals surface area contributed by atoms with Crippen LogP contribution in [-0.4, -0.2) is 15.0 Å². The molecule has 0 aliphatic carbocycles. The number of ether oxygens (including phenoxy) is 1. The highest BCUT2D eigenvalue weighted by molar-refractivity contribution is 5.79. The minimum absolute atomic E-state index is 0.608. The van der Waals surface area contributed by atoms with E-state index in [2.05, 4.69) is 11.1 Å². The lowest BCUT2D eigenvalue weighted by Gasteiger charge is -2.13. The molecule has 5 aromatic rings. The Morgan fingerprint density at radius 2 is 1.47 bits per heavy atom. The molecule has 0 saturated heterocycles. The monoisotopic (exact) mass is 389 g/mol. The van der Waals surface area contributed by atoms with Crippen molar-refractivity contribution < 1.29 is 4.74 Å². The van der Waals surface area contributed by atoms with Crippen molar-refractivity contribution in [3.8, 4) is 34.3 Å². The van der Waals surface area contributed by atoms with Crippen LogP contribution in [0.3, 0.4) is 0 Å². The van der Waals surface area contributed by atoms with E-state index in [1.807, 2.05) is 98.0 Å². The van der Waals surface area contributed by atoms with Gasteiger partial charge in [0.05, 0.1) is 11.2 Å². The molecule has 144 valence electrons. The van der Waals surface area contributed by atoms with Gasteiger partial charge >= 0.3 is 0 Å². The van der Waals surface area contributed by atoms with Crippen LogP contribution in [0.1, 0.15) is 5.56 Å². The summed E-state index contributed by atoms with van der Waals surface area (Å²) < 4.78 is 6.15. The second-order valence-electron chi connectivity index (χ2n) is 7.03. The van der Waals surface area contributed by atoms with Gasteiger partial charge in [-0.1, -0.05) is 54.6 Å². The quantitative estimate of drug-likeness (QED) is 0.354. The standard InChI is InChI=1S/C26H19N3O/c1-18-15-16-23(26-27-17-19-9-5-7-13-22(19)29-26)28-25(18)21-12-6-8-14-24(21)30-20-10-3-2-4-11-20/h2-17H,1H3. The average molecular weight is 389 g/mol. The maximum atomic E-state index is 6.15. The maximum absolute atomic E-state index is 6.15. The Kier molecular flexibility index (Phi) is 4.66. The first kappa shape index (κ1) is 18.0. The third-order valence-corrected chi connectivity index (χ3v) is 4.93. The van der Waals surface area contributed by atoms with Crippen LogP contribution in [-0.2, 0) is 0 Å². The van der Waals surface area contributed by atoms with Gasteiger partial charge in [0.15, 0.2) is 5.82 Å². The fraction of sp³-hybridized carbons (Fsp3) is 0.0385. The molecule has 4 heteroatoms. The minimum Gasteiger partial charge on any atom is -0.457 e. The first-order valence-electron chi connectivity index (χ1n) is 9.80. The number of aryl methyl sites for hydroxylation is 1. The molecular weight excluding hydrogens is 370 g/mol. The molecule has 0 N–H and O–H groups in total. The Balaban J connectivity index is 1.59. The fourth-order valence-corrected chi connectivity index (χ4v) is 3.39. The van der Waals surface area contributed by atoms with Gasteiger partial charge in [0.25, 0.3) is 0 Å². The molecule has 0 aliphatic rings. The third-order valence-electron chi connectivity index (χ3n) is 4.93. The number of fused-ring (bicyclic) bond motifs is 1. The predicted molar refractivity (Wildman–Crippen MR) is 119 cm³/mol. The van der Waals surface area contributed by atoms with Crippen molar-refractivity contribution in [2.75, 3.05) is 0 Å². The number of pyridine rings is 1. The highest BCUT2D eigenvalue weighted by atomic mass is 16.5. The Hall–Kier alpha value is -4.05.